The van der Waals surface area contributed by atoms with Gasteiger partial charge in [0.1, 0.15) is 17.5 Å². The van der Waals surface area contributed by atoms with Crippen LogP contribution >= 0.6 is 12.4 Å². The summed E-state index contributed by atoms with van der Waals surface area (Å²) in [4.78, 5) is 12.5. The van der Waals surface area contributed by atoms with Crippen molar-refractivity contribution in [2.75, 3.05) is 24.7 Å². The molecule has 0 bridgehead atoms. The molecule has 0 radical (unpaired) electrons. The van der Waals surface area contributed by atoms with Crippen molar-refractivity contribution < 1.29 is 22.7 Å². The van der Waals surface area contributed by atoms with Gasteiger partial charge in [-0.3, -0.25) is 4.79 Å². The Hall–Kier alpha value is -2.13. The smallest absolute Gasteiger partial charge is 0.244 e. The molecule has 2 aromatic rings. The minimum atomic E-state index is -3.30. The standard InChI is InChI=1S/C19H22N2O5S.ClH/c1-13-18(20-10-11-25-13)19(22)21-14-6-8-15(9-7-14)26-16-4-3-5-17(12-16)27(2,23)24;/h3-9,12-13,18,20H,10-11H2,1-2H3,(H,21,22);1H/t13-,18+;/m1./s1. The Morgan fingerprint density at radius 2 is 1.89 bits per heavy atom. The van der Waals surface area contributed by atoms with Gasteiger partial charge < -0.3 is 20.1 Å². The lowest BCUT2D eigenvalue weighted by molar-refractivity contribution is -0.123. The second-order valence-electron chi connectivity index (χ2n) is 6.37. The fraction of sp³-hybridized carbons (Fsp3) is 0.316. The molecule has 1 saturated heterocycles. The summed E-state index contributed by atoms with van der Waals surface area (Å²) in [6.07, 6.45) is 0.958. The van der Waals surface area contributed by atoms with Crippen LogP contribution in [0.2, 0.25) is 0 Å². The first kappa shape index (κ1) is 22.2. The number of ether oxygens (including phenoxy) is 2. The fourth-order valence-corrected chi connectivity index (χ4v) is 3.41. The lowest BCUT2D eigenvalue weighted by Crippen LogP contribution is -2.53. The highest BCUT2D eigenvalue weighted by Gasteiger charge is 2.28. The number of nitrogens with one attached hydrogen (secondary N) is 2. The highest BCUT2D eigenvalue weighted by molar-refractivity contribution is 7.90. The van der Waals surface area contributed by atoms with Gasteiger partial charge in [0, 0.05) is 18.5 Å². The van der Waals surface area contributed by atoms with E-state index in [0.717, 1.165) is 6.26 Å². The second kappa shape index (κ2) is 9.38. The van der Waals surface area contributed by atoms with Crippen LogP contribution in [0.1, 0.15) is 6.92 Å². The van der Waals surface area contributed by atoms with Crippen molar-refractivity contribution in [3.63, 3.8) is 0 Å². The van der Waals surface area contributed by atoms with Crippen molar-refractivity contribution in [2.24, 2.45) is 0 Å². The number of morpholine rings is 1. The van der Waals surface area contributed by atoms with Gasteiger partial charge in [0.05, 0.1) is 17.6 Å². The molecule has 1 aliphatic rings. The Balaban J connectivity index is 0.00000280. The van der Waals surface area contributed by atoms with Gasteiger partial charge in [0.25, 0.3) is 0 Å². The predicted molar refractivity (Wildman–Crippen MR) is 109 cm³/mol. The average molecular weight is 427 g/mol. The minimum absolute atomic E-state index is 0. The van der Waals surface area contributed by atoms with E-state index in [1.54, 1.807) is 36.4 Å². The van der Waals surface area contributed by atoms with Crippen LogP contribution in [0.4, 0.5) is 5.69 Å². The molecule has 9 heteroatoms. The van der Waals surface area contributed by atoms with Crippen molar-refractivity contribution in [3.05, 3.63) is 48.5 Å². The van der Waals surface area contributed by atoms with E-state index >= 15 is 0 Å². The molecule has 0 spiro atoms. The number of halogens is 1. The molecule has 2 atom stereocenters. The van der Waals surface area contributed by atoms with Gasteiger partial charge in [-0.2, -0.15) is 0 Å². The minimum Gasteiger partial charge on any atom is -0.457 e. The number of carbonyl (C=O) groups is 1. The molecule has 2 aromatic carbocycles. The summed E-state index contributed by atoms with van der Waals surface area (Å²) in [6, 6.07) is 12.8. The van der Waals surface area contributed by atoms with E-state index < -0.39 is 15.9 Å². The van der Waals surface area contributed by atoms with Gasteiger partial charge >= 0.3 is 0 Å². The van der Waals surface area contributed by atoms with Crippen molar-refractivity contribution in [3.8, 4) is 11.5 Å². The fourth-order valence-electron chi connectivity index (χ4n) is 2.76. The van der Waals surface area contributed by atoms with Crippen molar-refractivity contribution in [2.45, 2.75) is 24.0 Å². The number of sulfone groups is 1. The summed E-state index contributed by atoms with van der Waals surface area (Å²) in [6.45, 7) is 3.09. The van der Waals surface area contributed by atoms with Gasteiger partial charge in [0.15, 0.2) is 9.84 Å². The van der Waals surface area contributed by atoms with E-state index in [9.17, 15) is 13.2 Å². The van der Waals surface area contributed by atoms with E-state index in [0.29, 0.717) is 30.3 Å². The summed E-state index contributed by atoms with van der Waals surface area (Å²) >= 11 is 0. The Morgan fingerprint density at radius 1 is 1.18 bits per heavy atom. The molecule has 1 fully saturated rings. The van der Waals surface area contributed by atoms with Crippen LogP contribution in [0.15, 0.2) is 53.4 Å². The van der Waals surface area contributed by atoms with Crippen LogP contribution in [0.25, 0.3) is 0 Å². The van der Waals surface area contributed by atoms with Crippen LogP contribution in [0, 0.1) is 0 Å². The van der Waals surface area contributed by atoms with Crippen LogP contribution in [0.3, 0.4) is 0 Å². The second-order valence-corrected chi connectivity index (χ2v) is 8.39. The van der Waals surface area contributed by atoms with Crippen LogP contribution < -0.4 is 15.4 Å². The monoisotopic (exact) mass is 426 g/mol. The summed E-state index contributed by atoms with van der Waals surface area (Å²) in [5.74, 6) is 0.801. The predicted octanol–water partition coefficient (Wildman–Crippen LogP) is 2.62. The number of benzene rings is 2. The summed E-state index contributed by atoms with van der Waals surface area (Å²) in [5, 5.41) is 5.99. The first-order chi connectivity index (χ1) is 12.8. The molecule has 1 heterocycles. The molecule has 152 valence electrons. The summed E-state index contributed by atoms with van der Waals surface area (Å²) in [5.41, 5.74) is 0.636. The largest absolute Gasteiger partial charge is 0.457 e. The maximum absolute atomic E-state index is 12.3. The molecule has 3 rings (SSSR count). The molecule has 1 aliphatic heterocycles. The maximum Gasteiger partial charge on any atom is 0.244 e. The molecule has 7 nitrogen and oxygen atoms in total. The number of anilines is 1. The third-order valence-electron chi connectivity index (χ3n) is 4.19. The zero-order valence-electron chi connectivity index (χ0n) is 15.5. The maximum atomic E-state index is 12.3. The Labute approximate surface area is 170 Å². The number of amides is 1. The molecule has 28 heavy (non-hydrogen) atoms. The number of hydrogen-bond acceptors (Lipinski definition) is 6. The molecule has 0 saturated carbocycles. The molecular weight excluding hydrogens is 404 g/mol. The number of rotatable bonds is 5. The van der Waals surface area contributed by atoms with Gasteiger partial charge in [-0.1, -0.05) is 6.07 Å². The lowest BCUT2D eigenvalue weighted by Gasteiger charge is -2.29. The van der Waals surface area contributed by atoms with E-state index in [1.165, 1.54) is 12.1 Å². The molecule has 2 N–H and O–H groups in total. The van der Waals surface area contributed by atoms with Crippen LogP contribution in [0.5, 0.6) is 11.5 Å². The Kier molecular flexibility index (Phi) is 7.42. The van der Waals surface area contributed by atoms with E-state index in [-0.39, 0.29) is 29.3 Å². The van der Waals surface area contributed by atoms with Crippen molar-refractivity contribution in [1.29, 1.82) is 0 Å². The van der Waals surface area contributed by atoms with Gasteiger partial charge in [-0.15, -0.1) is 12.4 Å². The third kappa shape index (κ3) is 5.68. The van der Waals surface area contributed by atoms with E-state index in [1.807, 2.05) is 6.92 Å². The van der Waals surface area contributed by atoms with Crippen LogP contribution in [-0.2, 0) is 19.4 Å². The first-order valence-electron chi connectivity index (χ1n) is 8.57. The highest BCUT2D eigenvalue weighted by atomic mass is 35.5. The lowest BCUT2D eigenvalue weighted by atomic mass is 10.1. The molecule has 0 aromatic heterocycles. The SMILES string of the molecule is C[C@H]1OCCN[C@@H]1C(=O)Nc1ccc(Oc2cccc(S(C)(=O)=O)c2)cc1.Cl. The van der Waals surface area contributed by atoms with E-state index in [4.69, 9.17) is 9.47 Å². The van der Waals surface area contributed by atoms with Gasteiger partial charge in [-0.25, -0.2) is 8.42 Å². The van der Waals surface area contributed by atoms with E-state index in [2.05, 4.69) is 10.6 Å². The zero-order valence-corrected chi connectivity index (χ0v) is 17.2. The Morgan fingerprint density at radius 3 is 2.54 bits per heavy atom. The Bertz CT molecular complexity index is 918. The van der Waals surface area contributed by atoms with Crippen molar-refractivity contribution >= 4 is 33.8 Å². The normalized spacial score (nSPS) is 19.4. The highest BCUT2D eigenvalue weighted by Crippen LogP contribution is 2.25. The van der Waals surface area contributed by atoms with Crippen LogP contribution in [-0.4, -0.2) is 45.9 Å². The van der Waals surface area contributed by atoms with Gasteiger partial charge in [-0.05, 0) is 49.4 Å². The number of hydrogen-bond donors (Lipinski definition) is 2. The topological polar surface area (TPSA) is 93.7 Å². The summed E-state index contributed by atoms with van der Waals surface area (Å²) in [7, 11) is -3.30. The molecule has 1 amide bonds. The number of carbonyl (C=O) groups excluding carboxylic acids is 1. The third-order valence-corrected chi connectivity index (χ3v) is 5.30. The zero-order chi connectivity index (χ0) is 19.4. The quantitative estimate of drug-likeness (QED) is 0.763. The molecule has 0 aliphatic carbocycles. The van der Waals surface area contributed by atoms with Crippen molar-refractivity contribution in [1.82, 2.24) is 5.32 Å². The average Bonchev–Trinajstić information content (AvgIpc) is 2.63. The first-order valence-corrected chi connectivity index (χ1v) is 10.5. The summed E-state index contributed by atoms with van der Waals surface area (Å²) < 4.78 is 34.4. The van der Waals surface area contributed by atoms with Gasteiger partial charge in [0.2, 0.25) is 5.91 Å². The molecule has 0 unspecified atom stereocenters. The molecular formula is C19H23ClN2O5S.